The van der Waals surface area contributed by atoms with Gasteiger partial charge in [-0.3, -0.25) is 14.5 Å². The summed E-state index contributed by atoms with van der Waals surface area (Å²) in [6.45, 7) is 6.54. The van der Waals surface area contributed by atoms with Gasteiger partial charge in [0.05, 0.1) is 6.54 Å². The lowest BCUT2D eigenvalue weighted by Crippen LogP contribution is -2.54. The first-order valence-electron chi connectivity index (χ1n) is 10.4. The third-order valence-electron chi connectivity index (χ3n) is 5.79. The SMILES string of the molecule is O=C(CN1CCN(C(=O)c2ccccc2)CC1)N1CCN(c2ccccc2)CC1. The second-order valence-electron chi connectivity index (χ2n) is 7.64. The summed E-state index contributed by atoms with van der Waals surface area (Å²) >= 11 is 0. The van der Waals surface area contributed by atoms with E-state index in [4.69, 9.17) is 0 Å². The largest absolute Gasteiger partial charge is 0.368 e. The fraction of sp³-hybridized carbons (Fsp3) is 0.391. The molecule has 0 radical (unpaired) electrons. The number of nitrogens with zero attached hydrogens (tertiary/aromatic N) is 4. The van der Waals surface area contributed by atoms with Gasteiger partial charge in [0.2, 0.25) is 5.91 Å². The van der Waals surface area contributed by atoms with E-state index in [9.17, 15) is 9.59 Å². The van der Waals surface area contributed by atoms with Crippen molar-refractivity contribution >= 4 is 17.5 Å². The lowest BCUT2D eigenvalue weighted by molar-refractivity contribution is -0.133. The summed E-state index contributed by atoms with van der Waals surface area (Å²) < 4.78 is 0. The highest BCUT2D eigenvalue weighted by molar-refractivity contribution is 5.94. The van der Waals surface area contributed by atoms with Crippen LogP contribution in [0.3, 0.4) is 0 Å². The molecule has 0 spiro atoms. The first-order chi connectivity index (χ1) is 14.2. The van der Waals surface area contributed by atoms with Crippen LogP contribution in [0.15, 0.2) is 60.7 Å². The Morgan fingerprint density at radius 3 is 1.83 bits per heavy atom. The summed E-state index contributed by atoms with van der Waals surface area (Å²) in [5.41, 5.74) is 1.95. The van der Waals surface area contributed by atoms with E-state index in [0.717, 1.165) is 44.8 Å². The highest BCUT2D eigenvalue weighted by Crippen LogP contribution is 2.16. The van der Waals surface area contributed by atoms with Gasteiger partial charge in [0.15, 0.2) is 0 Å². The number of anilines is 1. The Hall–Kier alpha value is -2.86. The molecule has 0 saturated carbocycles. The van der Waals surface area contributed by atoms with Crippen LogP contribution in [0.25, 0.3) is 0 Å². The minimum Gasteiger partial charge on any atom is -0.368 e. The van der Waals surface area contributed by atoms with E-state index in [1.165, 1.54) is 5.69 Å². The van der Waals surface area contributed by atoms with Crippen molar-refractivity contribution in [3.8, 4) is 0 Å². The van der Waals surface area contributed by atoms with Crippen LogP contribution in [0.2, 0.25) is 0 Å². The molecule has 29 heavy (non-hydrogen) atoms. The van der Waals surface area contributed by atoms with Gasteiger partial charge in [0, 0.05) is 63.6 Å². The number of hydrogen-bond donors (Lipinski definition) is 0. The quantitative estimate of drug-likeness (QED) is 0.796. The molecule has 2 amide bonds. The maximum absolute atomic E-state index is 12.7. The molecular formula is C23H28N4O2. The van der Waals surface area contributed by atoms with Crippen molar-refractivity contribution in [3.05, 3.63) is 66.2 Å². The van der Waals surface area contributed by atoms with E-state index in [1.807, 2.05) is 46.2 Å². The van der Waals surface area contributed by atoms with Crippen LogP contribution in [-0.4, -0.2) is 85.4 Å². The molecule has 2 saturated heterocycles. The lowest BCUT2D eigenvalue weighted by atomic mass is 10.2. The minimum atomic E-state index is 0.0774. The molecule has 0 aromatic heterocycles. The molecule has 0 atom stereocenters. The minimum absolute atomic E-state index is 0.0774. The first kappa shape index (κ1) is 19.5. The highest BCUT2D eigenvalue weighted by atomic mass is 16.2. The Morgan fingerprint density at radius 2 is 1.21 bits per heavy atom. The van der Waals surface area contributed by atoms with Crippen LogP contribution in [0.1, 0.15) is 10.4 Å². The van der Waals surface area contributed by atoms with Crippen molar-refractivity contribution in [2.24, 2.45) is 0 Å². The smallest absolute Gasteiger partial charge is 0.253 e. The number of amides is 2. The third-order valence-corrected chi connectivity index (χ3v) is 5.79. The molecule has 2 heterocycles. The van der Waals surface area contributed by atoms with Gasteiger partial charge in [-0.1, -0.05) is 36.4 Å². The van der Waals surface area contributed by atoms with Crippen LogP contribution < -0.4 is 4.90 Å². The van der Waals surface area contributed by atoms with Gasteiger partial charge in [-0.15, -0.1) is 0 Å². The van der Waals surface area contributed by atoms with Gasteiger partial charge in [0.1, 0.15) is 0 Å². The molecule has 6 nitrogen and oxygen atoms in total. The molecule has 0 bridgehead atoms. The zero-order chi connectivity index (χ0) is 20.1. The Bertz CT molecular complexity index is 811. The summed E-state index contributed by atoms with van der Waals surface area (Å²) in [4.78, 5) is 33.6. The molecule has 2 fully saturated rings. The van der Waals surface area contributed by atoms with Crippen molar-refractivity contribution < 1.29 is 9.59 Å². The van der Waals surface area contributed by atoms with Crippen LogP contribution >= 0.6 is 0 Å². The van der Waals surface area contributed by atoms with E-state index in [-0.39, 0.29) is 11.8 Å². The third kappa shape index (κ3) is 4.77. The Kier molecular flexibility index (Phi) is 6.10. The van der Waals surface area contributed by atoms with Gasteiger partial charge < -0.3 is 14.7 Å². The Balaban J connectivity index is 1.22. The van der Waals surface area contributed by atoms with Gasteiger partial charge in [0.25, 0.3) is 5.91 Å². The van der Waals surface area contributed by atoms with Gasteiger partial charge in [-0.2, -0.15) is 0 Å². The number of hydrogen-bond acceptors (Lipinski definition) is 4. The zero-order valence-corrected chi connectivity index (χ0v) is 16.7. The molecular weight excluding hydrogens is 364 g/mol. The number of piperazine rings is 2. The van der Waals surface area contributed by atoms with Crippen molar-refractivity contribution in [2.45, 2.75) is 0 Å². The molecule has 2 aliphatic rings. The van der Waals surface area contributed by atoms with E-state index in [0.29, 0.717) is 19.6 Å². The van der Waals surface area contributed by atoms with E-state index in [2.05, 4.69) is 34.1 Å². The first-order valence-corrected chi connectivity index (χ1v) is 10.4. The van der Waals surface area contributed by atoms with E-state index >= 15 is 0 Å². The summed E-state index contributed by atoms with van der Waals surface area (Å²) in [7, 11) is 0. The molecule has 0 N–H and O–H groups in total. The van der Waals surface area contributed by atoms with E-state index in [1.54, 1.807) is 0 Å². The number of carbonyl (C=O) groups excluding carboxylic acids is 2. The van der Waals surface area contributed by atoms with Gasteiger partial charge >= 0.3 is 0 Å². The standard InChI is InChI=1S/C23H28N4O2/c28-22(26-17-15-25(16-18-26)21-9-5-2-6-10-21)19-24-11-13-27(14-12-24)23(29)20-7-3-1-4-8-20/h1-10H,11-19H2. The molecule has 152 valence electrons. The monoisotopic (exact) mass is 392 g/mol. The van der Waals surface area contributed by atoms with Crippen LogP contribution in [0, 0.1) is 0 Å². The lowest BCUT2D eigenvalue weighted by Gasteiger charge is -2.38. The van der Waals surface area contributed by atoms with E-state index < -0.39 is 0 Å². The second kappa shape index (κ2) is 9.09. The number of carbonyl (C=O) groups is 2. The summed E-state index contributed by atoms with van der Waals surface area (Å²) in [6, 6.07) is 19.8. The zero-order valence-electron chi connectivity index (χ0n) is 16.7. The molecule has 2 aliphatic heterocycles. The second-order valence-corrected chi connectivity index (χ2v) is 7.64. The highest BCUT2D eigenvalue weighted by Gasteiger charge is 2.26. The summed E-state index contributed by atoms with van der Waals surface area (Å²) in [5.74, 6) is 0.272. The molecule has 4 rings (SSSR count). The normalized spacial score (nSPS) is 18.0. The van der Waals surface area contributed by atoms with Gasteiger partial charge in [-0.05, 0) is 24.3 Å². The fourth-order valence-electron chi connectivity index (χ4n) is 4.02. The molecule has 2 aromatic rings. The maximum Gasteiger partial charge on any atom is 0.253 e. The number of rotatable bonds is 4. The molecule has 2 aromatic carbocycles. The maximum atomic E-state index is 12.7. The van der Waals surface area contributed by atoms with Crippen LogP contribution in [0.4, 0.5) is 5.69 Å². The fourth-order valence-corrected chi connectivity index (χ4v) is 4.02. The van der Waals surface area contributed by atoms with Gasteiger partial charge in [-0.25, -0.2) is 0 Å². The van der Waals surface area contributed by atoms with Crippen LogP contribution in [0.5, 0.6) is 0 Å². The van der Waals surface area contributed by atoms with Crippen molar-refractivity contribution in [1.29, 1.82) is 0 Å². The molecule has 0 aliphatic carbocycles. The average molecular weight is 393 g/mol. The molecule has 6 heteroatoms. The molecule has 0 unspecified atom stereocenters. The van der Waals surface area contributed by atoms with Crippen LogP contribution in [-0.2, 0) is 4.79 Å². The number of para-hydroxylation sites is 1. The van der Waals surface area contributed by atoms with Crippen molar-refractivity contribution in [3.63, 3.8) is 0 Å². The Labute approximate surface area is 172 Å². The summed E-state index contributed by atoms with van der Waals surface area (Å²) in [6.07, 6.45) is 0. The van der Waals surface area contributed by atoms with Crippen molar-refractivity contribution in [1.82, 2.24) is 14.7 Å². The predicted molar refractivity (Wildman–Crippen MR) is 114 cm³/mol. The topological polar surface area (TPSA) is 47.1 Å². The predicted octanol–water partition coefficient (Wildman–Crippen LogP) is 1.79. The summed E-state index contributed by atoms with van der Waals surface area (Å²) in [5, 5.41) is 0. The average Bonchev–Trinajstić information content (AvgIpc) is 2.80. The number of benzene rings is 2. The Morgan fingerprint density at radius 1 is 0.655 bits per heavy atom. The van der Waals surface area contributed by atoms with Crippen molar-refractivity contribution in [2.75, 3.05) is 63.8 Å².